The standard InChI is InChI=1S/C26H21ClN2O3/c1-31-24-15-19(14-22(27)25(24)32-17-18-7-3-2-4-8-18)13-21(16-28)26(30)29-12-11-20-9-5-6-10-23(20)29/h2-10,13-15H,11-12,17H2,1H3/b21-13+. The van der Waals surface area contributed by atoms with Gasteiger partial charge in [0.15, 0.2) is 11.5 Å². The van der Waals surface area contributed by atoms with Crippen LogP contribution in [0.5, 0.6) is 11.5 Å². The fourth-order valence-corrected chi connectivity index (χ4v) is 3.97. The number of benzene rings is 3. The number of fused-ring (bicyclic) bond motifs is 1. The number of nitrogens with zero attached hydrogens (tertiary/aromatic N) is 2. The number of amides is 1. The lowest BCUT2D eigenvalue weighted by Crippen LogP contribution is -2.29. The van der Waals surface area contributed by atoms with Crippen LogP contribution >= 0.6 is 11.6 Å². The van der Waals surface area contributed by atoms with Gasteiger partial charge < -0.3 is 14.4 Å². The molecule has 0 aliphatic carbocycles. The largest absolute Gasteiger partial charge is 0.493 e. The van der Waals surface area contributed by atoms with E-state index in [1.165, 1.54) is 13.2 Å². The van der Waals surface area contributed by atoms with E-state index in [2.05, 4.69) is 0 Å². The van der Waals surface area contributed by atoms with Crippen LogP contribution in [0.3, 0.4) is 0 Å². The van der Waals surface area contributed by atoms with Gasteiger partial charge in [-0.3, -0.25) is 4.79 Å². The van der Waals surface area contributed by atoms with Gasteiger partial charge in [0.05, 0.1) is 12.1 Å². The number of hydrogen-bond donors (Lipinski definition) is 0. The summed E-state index contributed by atoms with van der Waals surface area (Å²) in [5.41, 5.74) is 3.55. The smallest absolute Gasteiger partial charge is 0.268 e. The summed E-state index contributed by atoms with van der Waals surface area (Å²) < 4.78 is 11.3. The van der Waals surface area contributed by atoms with Gasteiger partial charge in [0.2, 0.25) is 0 Å². The summed E-state index contributed by atoms with van der Waals surface area (Å²) in [4.78, 5) is 14.7. The molecular formula is C26H21ClN2O3. The molecule has 0 unspecified atom stereocenters. The average molecular weight is 445 g/mol. The number of rotatable bonds is 6. The van der Waals surface area contributed by atoms with Crippen molar-refractivity contribution >= 4 is 29.3 Å². The van der Waals surface area contributed by atoms with E-state index in [0.29, 0.717) is 35.2 Å². The maximum atomic E-state index is 13.1. The molecule has 3 aromatic rings. The SMILES string of the molecule is COc1cc(/C=C(\C#N)C(=O)N2CCc3ccccc32)cc(Cl)c1OCc1ccccc1. The molecule has 0 atom stereocenters. The molecule has 1 aliphatic heterocycles. The minimum atomic E-state index is -0.336. The third kappa shape index (κ3) is 4.46. The summed E-state index contributed by atoms with van der Waals surface area (Å²) in [7, 11) is 1.52. The van der Waals surface area contributed by atoms with Crippen LogP contribution < -0.4 is 14.4 Å². The van der Waals surface area contributed by atoms with Crippen molar-refractivity contribution in [3.8, 4) is 17.6 Å². The van der Waals surface area contributed by atoms with Crippen LogP contribution in [-0.2, 0) is 17.8 Å². The molecule has 160 valence electrons. The van der Waals surface area contributed by atoms with E-state index >= 15 is 0 Å². The van der Waals surface area contributed by atoms with Gasteiger partial charge in [-0.1, -0.05) is 60.1 Å². The van der Waals surface area contributed by atoms with Crippen LogP contribution in [0.2, 0.25) is 5.02 Å². The second-order valence-corrected chi connectivity index (χ2v) is 7.72. The predicted molar refractivity (Wildman–Crippen MR) is 125 cm³/mol. The van der Waals surface area contributed by atoms with Crippen molar-refractivity contribution in [3.63, 3.8) is 0 Å². The first kappa shape index (κ1) is 21.5. The highest BCUT2D eigenvalue weighted by molar-refractivity contribution is 6.32. The number of ether oxygens (including phenoxy) is 2. The molecule has 1 amide bonds. The molecule has 3 aromatic carbocycles. The Labute approximate surface area is 192 Å². The van der Waals surface area contributed by atoms with Crippen molar-refractivity contribution in [2.45, 2.75) is 13.0 Å². The Balaban J connectivity index is 1.59. The average Bonchev–Trinajstić information content (AvgIpc) is 3.26. The Morgan fingerprint density at radius 3 is 2.66 bits per heavy atom. The van der Waals surface area contributed by atoms with Crippen LogP contribution in [-0.4, -0.2) is 19.6 Å². The lowest BCUT2D eigenvalue weighted by atomic mass is 10.1. The number of methoxy groups -OCH3 is 1. The summed E-state index contributed by atoms with van der Waals surface area (Å²) in [5.74, 6) is 0.501. The summed E-state index contributed by atoms with van der Waals surface area (Å²) in [5, 5.41) is 10.0. The van der Waals surface area contributed by atoms with Gasteiger partial charge in [0.1, 0.15) is 18.2 Å². The first-order chi connectivity index (χ1) is 15.6. The molecule has 6 heteroatoms. The Morgan fingerprint density at radius 2 is 1.91 bits per heavy atom. The van der Waals surface area contributed by atoms with E-state index in [1.54, 1.807) is 17.0 Å². The zero-order valence-corrected chi connectivity index (χ0v) is 18.3. The molecule has 0 bridgehead atoms. The van der Waals surface area contributed by atoms with Crippen LogP contribution in [0.1, 0.15) is 16.7 Å². The zero-order chi connectivity index (χ0) is 22.5. The van der Waals surface area contributed by atoms with Crippen molar-refractivity contribution in [3.05, 3.63) is 94.0 Å². The molecule has 0 spiro atoms. The maximum absolute atomic E-state index is 13.1. The van der Waals surface area contributed by atoms with E-state index in [4.69, 9.17) is 21.1 Å². The third-order valence-corrected chi connectivity index (χ3v) is 5.55. The van der Waals surface area contributed by atoms with E-state index in [0.717, 1.165) is 23.2 Å². The van der Waals surface area contributed by atoms with E-state index in [9.17, 15) is 10.1 Å². The molecule has 1 aliphatic rings. The quantitative estimate of drug-likeness (QED) is 0.376. The molecular weight excluding hydrogens is 424 g/mol. The van der Waals surface area contributed by atoms with Gasteiger partial charge in [-0.15, -0.1) is 0 Å². The van der Waals surface area contributed by atoms with Crippen LogP contribution in [0.15, 0.2) is 72.3 Å². The Bertz CT molecular complexity index is 1220. The van der Waals surface area contributed by atoms with Crippen LogP contribution in [0.25, 0.3) is 6.08 Å². The number of halogens is 1. The topological polar surface area (TPSA) is 62.6 Å². The number of nitriles is 1. The van der Waals surface area contributed by atoms with E-state index in [1.807, 2.05) is 60.7 Å². The van der Waals surface area contributed by atoms with Crippen molar-refractivity contribution in [1.82, 2.24) is 0 Å². The Morgan fingerprint density at radius 1 is 1.16 bits per heavy atom. The van der Waals surface area contributed by atoms with Gasteiger partial charge in [-0.25, -0.2) is 0 Å². The lowest BCUT2D eigenvalue weighted by Gasteiger charge is -2.17. The highest BCUT2D eigenvalue weighted by atomic mass is 35.5. The molecule has 0 aromatic heterocycles. The highest BCUT2D eigenvalue weighted by Crippen LogP contribution is 2.38. The summed E-state index contributed by atoms with van der Waals surface area (Å²) in [6, 6.07) is 22.8. The normalized spacial score (nSPS) is 12.8. The first-order valence-electron chi connectivity index (χ1n) is 10.2. The third-order valence-electron chi connectivity index (χ3n) is 5.27. The van der Waals surface area contributed by atoms with Crippen molar-refractivity contribution < 1.29 is 14.3 Å². The number of hydrogen-bond acceptors (Lipinski definition) is 4. The van der Waals surface area contributed by atoms with Crippen molar-refractivity contribution in [2.24, 2.45) is 0 Å². The number of para-hydroxylation sites is 1. The molecule has 0 fully saturated rings. The van der Waals surface area contributed by atoms with Gasteiger partial charge in [-0.05, 0) is 47.4 Å². The lowest BCUT2D eigenvalue weighted by molar-refractivity contribution is -0.114. The molecule has 0 N–H and O–H groups in total. The van der Waals surface area contributed by atoms with Gasteiger partial charge in [-0.2, -0.15) is 5.26 Å². The minimum Gasteiger partial charge on any atom is -0.493 e. The van der Waals surface area contributed by atoms with E-state index in [-0.39, 0.29) is 11.5 Å². The monoisotopic (exact) mass is 444 g/mol. The Hall–Kier alpha value is -3.75. The minimum absolute atomic E-state index is 0.0257. The Kier molecular flexibility index (Phi) is 6.44. The number of carbonyl (C=O) groups excluding carboxylic acids is 1. The molecule has 32 heavy (non-hydrogen) atoms. The van der Waals surface area contributed by atoms with Gasteiger partial charge in [0.25, 0.3) is 5.91 Å². The fourth-order valence-electron chi connectivity index (χ4n) is 3.70. The second kappa shape index (κ2) is 9.59. The molecule has 0 saturated heterocycles. The summed E-state index contributed by atoms with van der Waals surface area (Å²) in [6.45, 7) is 0.885. The van der Waals surface area contributed by atoms with Crippen molar-refractivity contribution in [1.29, 1.82) is 5.26 Å². The second-order valence-electron chi connectivity index (χ2n) is 7.31. The highest BCUT2D eigenvalue weighted by Gasteiger charge is 2.26. The molecule has 4 rings (SSSR count). The molecule has 5 nitrogen and oxygen atoms in total. The predicted octanol–water partition coefficient (Wildman–Crippen LogP) is 5.42. The zero-order valence-electron chi connectivity index (χ0n) is 17.5. The maximum Gasteiger partial charge on any atom is 0.268 e. The summed E-state index contributed by atoms with van der Waals surface area (Å²) >= 11 is 6.47. The van der Waals surface area contributed by atoms with Crippen LogP contribution in [0.4, 0.5) is 5.69 Å². The number of carbonyl (C=O) groups is 1. The number of anilines is 1. The fraction of sp³-hybridized carbons (Fsp3) is 0.154. The van der Waals surface area contributed by atoms with Gasteiger partial charge >= 0.3 is 0 Å². The first-order valence-corrected chi connectivity index (χ1v) is 10.5. The van der Waals surface area contributed by atoms with Crippen LogP contribution in [0, 0.1) is 11.3 Å². The molecule has 0 radical (unpaired) electrons. The van der Waals surface area contributed by atoms with Gasteiger partial charge in [0, 0.05) is 12.2 Å². The van der Waals surface area contributed by atoms with Crippen molar-refractivity contribution in [2.75, 3.05) is 18.6 Å². The molecule has 0 saturated carbocycles. The van der Waals surface area contributed by atoms with E-state index < -0.39 is 0 Å². The molecule has 1 heterocycles. The summed E-state index contributed by atoms with van der Waals surface area (Å²) in [6.07, 6.45) is 2.30.